The summed E-state index contributed by atoms with van der Waals surface area (Å²) in [6.45, 7) is -0.414. The van der Waals surface area contributed by atoms with Crippen LogP contribution in [0.2, 0.25) is 0 Å². The predicted octanol–water partition coefficient (Wildman–Crippen LogP) is 1.93. The standard InChI is InChI=1S/C17H18F2N4O3/c18-17(19)23-5-4-20-14(23)11-21-6-8-22(9-7-21)15(24)12-2-1-3-13(10-12)16(25)26/h1-5,10,17H,6-9,11H2,(H,25,26). The Morgan fingerprint density at radius 1 is 1.15 bits per heavy atom. The van der Waals surface area contributed by atoms with Crippen LogP contribution in [0.5, 0.6) is 0 Å². The van der Waals surface area contributed by atoms with Crippen molar-refractivity contribution in [3.63, 3.8) is 0 Å². The molecule has 26 heavy (non-hydrogen) atoms. The van der Waals surface area contributed by atoms with E-state index in [0.29, 0.717) is 31.7 Å². The first-order chi connectivity index (χ1) is 12.5. The van der Waals surface area contributed by atoms with Crippen LogP contribution in [0.3, 0.4) is 0 Å². The minimum absolute atomic E-state index is 0.0633. The molecule has 138 valence electrons. The van der Waals surface area contributed by atoms with Crippen molar-refractivity contribution in [2.24, 2.45) is 0 Å². The fraction of sp³-hybridized carbons (Fsp3) is 0.353. The van der Waals surface area contributed by atoms with Crippen LogP contribution >= 0.6 is 0 Å². The molecule has 9 heteroatoms. The Labute approximate surface area is 148 Å². The summed E-state index contributed by atoms with van der Waals surface area (Å²) in [4.78, 5) is 31.1. The summed E-state index contributed by atoms with van der Waals surface area (Å²) in [5.41, 5.74) is 0.389. The van der Waals surface area contributed by atoms with Gasteiger partial charge in [0, 0.05) is 44.1 Å². The fourth-order valence-electron chi connectivity index (χ4n) is 2.92. The van der Waals surface area contributed by atoms with Crippen molar-refractivity contribution in [3.05, 3.63) is 53.6 Å². The summed E-state index contributed by atoms with van der Waals surface area (Å²) >= 11 is 0. The quantitative estimate of drug-likeness (QED) is 0.877. The van der Waals surface area contributed by atoms with Crippen molar-refractivity contribution in [3.8, 4) is 0 Å². The Morgan fingerprint density at radius 3 is 2.50 bits per heavy atom. The van der Waals surface area contributed by atoms with Gasteiger partial charge >= 0.3 is 12.5 Å². The molecule has 7 nitrogen and oxygen atoms in total. The van der Waals surface area contributed by atoms with Crippen LogP contribution in [0.1, 0.15) is 33.1 Å². The van der Waals surface area contributed by atoms with Gasteiger partial charge in [0.1, 0.15) is 5.82 Å². The van der Waals surface area contributed by atoms with Gasteiger partial charge in [-0.25, -0.2) is 9.78 Å². The summed E-state index contributed by atoms with van der Waals surface area (Å²) in [6, 6.07) is 5.91. The molecule has 0 atom stereocenters. The first-order valence-electron chi connectivity index (χ1n) is 8.10. The molecule has 1 aromatic heterocycles. The Balaban J connectivity index is 1.59. The highest BCUT2D eigenvalue weighted by molar-refractivity contribution is 5.97. The lowest BCUT2D eigenvalue weighted by molar-refractivity contribution is 0.0555. The number of aromatic carboxylic acids is 1. The average molecular weight is 364 g/mol. The number of hydrogen-bond acceptors (Lipinski definition) is 4. The highest BCUT2D eigenvalue weighted by Gasteiger charge is 2.24. The Morgan fingerprint density at radius 2 is 1.85 bits per heavy atom. The molecule has 0 aliphatic carbocycles. The topological polar surface area (TPSA) is 78.7 Å². The number of carbonyl (C=O) groups excluding carboxylic acids is 1. The van der Waals surface area contributed by atoms with Gasteiger partial charge < -0.3 is 10.0 Å². The second-order valence-corrected chi connectivity index (χ2v) is 5.98. The SMILES string of the molecule is O=C(O)c1cccc(C(=O)N2CCN(Cc3nccn3C(F)F)CC2)c1. The second-order valence-electron chi connectivity index (χ2n) is 5.98. The molecule has 2 aromatic rings. The molecular formula is C17H18F2N4O3. The minimum atomic E-state index is -2.63. The molecule has 1 N–H and O–H groups in total. The van der Waals surface area contributed by atoms with Crippen molar-refractivity contribution in [2.75, 3.05) is 26.2 Å². The number of carboxylic acid groups (broad SMARTS) is 1. The van der Waals surface area contributed by atoms with Gasteiger partial charge in [0.05, 0.1) is 12.1 Å². The maximum Gasteiger partial charge on any atom is 0.335 e. The van der Waals surface area contributed by atoms with E-state index in [1.54, 1.807) is 11.0 Å². The van der Waals surface area contributed by atoms with E-state index in [1.165, 1.54) is 30.6 Å². The van der Waals surface area contributed by atoms with Gasteiger partial charge in [-0.05, 0) is 18.2 Å². The zero-order chi connectivity index (χ0) is 18.7. The highest BCUT2D eigenvalue weighted by atomic mass is 19.3. The van der Waals surface area contributed by atoms with Gasteiger partial charge in [-0.2, -0.15) is 8.78 Å². The first kappa shape index (κ1) is 18.0. The number of imidazole rings is 1. The number of amides is 1. The Bertz CT molecular complexity index is 801. The van der Waals surface area contributed by atoms with Crippen LogP contribution in [-0.2, 0) is 6.54 Å². The van der Waals surface area contributed by atoms with E-state index in [9.17, 15) is 18.4 Å². The molecule has 0 bridgehead atoms. The summed E-state index contributed by atoms with van der Waals surface area (Å²) in [7, 11) is 0. The van der Waals surface area contributed by atoms with Gasteiger partial charge in [0.15, 0.2) is 0 Å². The molecule has 3 rings (SSSR count). The summed E-state index contributed by atoms with van der Waals surface area (Å²) in [5, 5.41) is 9.03. The molecule has 1 amide bonds. The molecule has 1 fully saturated rings. The zero-order valence-corrected chi connectivity index (χ0v) is 13.9. The number of hydrogen-bond donors (Lipinski definition) is 1. The molecule has 1 aromatic carbocycles. The van der Waals surface area contributed by atoms with E-state index >= 15 is 0 Å². The van der Waals surface area contributed by atoms with Gasteiger partial charge in [-0.1, -0.05) is 6.07 Å². The van der Waals surface area contributed by atoms with Gasteiger partial charge in [0.2, 0.25) is 0 Å². The highest BCUT2D eigenvalue weighted by Crippen LogP contribution is 2.16. The molecule has 1 saturated heterocycles. The van der Waals surface area contributed by atoms with Crippen molar-refractivity contribution < 1.29 is 23.5 Å². The van der Waals surface area contributed by atoms with Crippen LogP contribution in [-0.4, -0.2) is 62.5 Å². The number of nitrogens with zero attached hydrogens (tertiary/aromatic N) is 4. The van der Waals surface area contributed by atoms with E-state index in [0.717, 1.165) is 4.57 Å². The zero-order valence-electron chi connectivity index (χ0n) is 13.9. The number of benzene rings is 1. The molecule has 0 saturated carbocycles. The number of halogens is 2. The Hall–Kier alpha value is -2.81. The third-order valence-electron chi connectivity index (χ3n) is 4.34. The van der Waals surface area contributed by atoms with E-state index in [2.05, 4.69) is 4.98 Å². The molecular weight excluding hydrogens is 346 g/mol. The second kappa shape index (κ2) is 7.61. The van der Waals surface area contributed by atoms with Crippen LogP contribution < -0.4 is 0 Å². The maximum atomic E-state index is 12.9. The molecule has 1 aliphatic heterocycles. The van der Waals surface area contributed by atoms with E-state index in [-0.39, 0.29) is 23.8 Å². The van der Waals surface area contributed by atoms with Crippen LogP contribution in [0, 0.1) is 0 Å². The van der Waals surface area contributed by atoms with Gasteiger partial charge in [-0.3, -0.25) is 14.3 Å². The number of carbonyl (C=O) groups is 2. The first-order valence-corrected chi connectivity index (χ1v) is 8.10. The predicted molar refractivity (Wildman–Crippen MR) is 88.1 cm³/mol. The Kier molecular flexibility index (Phi) is 5.27. The number of rotatable bonds is 5. The summed E-state index contributed by atoms with van der Waals surface area (Å²) in [5.74, 6) is -1.03. The van der Waals surface area contributed by atoms with E-state index in [1.807, 2.05) is 4.90 Å². The lowest BCUT2D eigenvalue weighted by Crippen LogP contribution is -2.48. The minimum Gasteiger partial charge on any atom is -0.478 e. The fourth-order valence-corrected chi connectivity index (χ4v) is 2.92. The van der Waals surface area contributed by atoms with E-state index in [4.69, 9.17) is 5.11 Å². The molecule has 1 aliphatic rings. The van der Waals surface area contributed by atoms with E-state index < -0.39 is 12.5 Å². The van der Waals surface area contributed by atoms with Gasteiger partial charge in [-0.15, -0.1) is 0 Å². The smallest absolute Gasteiger partial charge is 0.335 e. The number of carboxylic acids is 1. The molecule has 0 spiro atoms. The van der Waals surface area contributed by atoms with Crippen molar-refractivity contribution in [1.82, 2.24) is 19.4 Å². The van der Waals surface area contributed by atoms with Crippen molar-refractivity contribution in [1.29, 1.82) is 0 Å². The number of aromatic nitrogens is 2. The van der Waals surface area contributed by atoms with Gasteiger partial charge in [0.25, 0.3) is 5.91 Å². The summed E-state index contributed by atoms with van der Waals surface area (Å²) in [6.07, 6.45) is 2.59. The maximum absolute atomic E-state index is 12.9. The van der Waals surface area contributed by atoms with Crippen LogP contribution in [0.4, 0.5) is 8.78 Å². The molecule has 0 unspecified atom stereocenters. The number of piperazine rings is 1. The lowest BCUT2D eigenvalue weighted by Gasteiger charge is -2.34. The summed E-state index contributed by atoms with van der Waals surface area (Å²) < 4.78 is 26.6. The molecule has 0 radical (unpaired) electrons. The van der Waals surface area contributed by atoms with Crippen LogP contribution in [0.15, 0.2) is 36.7 Å². The van der Waals surface area contributed by atoms with Crippen molar-refractivity contribution >= 4 is 11.9 Å². The third-order valence-corrected chi connectivity index (χ3v) is 4.34. The van der Waals surface area contributed by atoms with Crippen molar-refractivity contribution in [2.45, 2.75) is 13.1 Å². The third kappa shape index (κ3) is 3.88. The largest absolute Gasteiger partial charge is 0.478 e. The average Bonchev–Trinajstić information content (AvgIpc) is 3.10. The normalized spacial score (nSPS) is 15.4. The lowest BCUT2D eigenvalue weighted by atomic mass is 10.1. The van der Waals surface area contributed by atoms with Crippen LogP contribution in [0.25, 0.3) is 0 Å². The monoisotopic (exact) mass is 364 g/mol. The number of alkyl halides is 2. The molecule has 2 heterocycles.